The number of rotatable bonds is 4. The molecule has 4 nitrogen and oxygen atoms in total. The van der Waals surface area contributed by atoms with Crippen molar-refractivity contribution in [3.05, 3.63) is 28.5 Å². The van der Waals surface area contributed by atoms with Crippen molar-refractivity contribution in [2.75, 3.05) is 32.7 Å². The summed E-state index contributed by atoms with van der Waals surface area (Å²) in [5, 5.41) is 10.5. The molecule has 1 amide bonds. The van der Waals surface area contributed by atoms with Gasteiger partial charge in [-0.1, -0.05) is 6.07 Å². The molecule has 0 spiro atoms. The zero-order valence-electron chi connectivity index (χ0n) is 10.8. The number of hydrogen-bond acceptors (Lipinski definition) is 4. The van der Waals surface area contributed by atoms with Gasteiger partial charge in [0.25, 0.3) is 0 Å². The quantitative estimate of drug-likeness (QED) is 0.788. The summed E-state index contributed by atoms with van der Waals surface area (Å²) in [7, 11) is 0. The highest BCUT2D eigenvalue weighted by atomic mass is 32.1. The highest BCUT2D eigenvalue weighted by Crippen LogP contribution is 2.11. The standard InChI is InChI=1S/C14H17N3OS/c15-6-2-7-16-8-10-17(11-9-16)14(18)5-4-13-3-1-12-19-13/h1,3-5,12H,2,7-11H2/b5-4+. The molecule has 2 rings (SSSR count). The van der Waals surface area contributed by atoms with Crippen LogP contribution in [0.3, 0.4) is 0 Å². The van der Waals surface area contributed by atoms with Crippen LogP contribution in [-0.2, 0) is 4.79 Å². The van der Waals surface area contributed by atoms with Gasteiger partial charge in [0.2, 0.25) is 5.91 Å². The van der Waals surface area contributed by atoms with Crippen molar-refractivity contribution in [1.29, 1.82) is 5.26 Å². The third kappa shape index (κ3) is 4.19. The van der Waals surface area contributed by atoms with E-state index in [1.54, 1.807) is 17.4 Å². The fourth-order valence-corrected chi connectivity index (χ4v) is 2.66. The lowest BCUT2D eigenvalue weighted by molar-refractivity contribution is -0.127. The Morgan fingerprint density at radius 3 is 2.84 bits per heavy atom. The molecular weight excluding hydrogens is 258 g/mol. The average molecular weight is 275 g/mol. The number of hydrogen-bond donors (Lipinski definition) is 0. The second-order valence-electron chi connectivity index (χ2n) is 4.42. The van der Waals surface area contributed by atoms with Gasteiger partial charge in [-0.2, -0.15) is 5.26 Å². The maximum Gasteiger partial charge on any atom is 0.246 e. The fourth-order valence-electron chi connectivity index (χ4n) is 2.04. The minimum atomic E-state index is 0.0772. The van der Waals surface area contributed by atoms with Gasteiger partial charge in [-0.05, 0) is 17.5 Å². The van der Waals surface area contributed by atoms with E-state index in [-0.39, 0.29) is 5.91 Å². The van der Waals surface area contributed by atoms with Crippen molar-refractivity contribution in [1.82, 2.24) is 9.80 Å². The lowest BCUT2D eigenvalue weighted by Crippen LogP contribution is -2.48. The van der Waals surface area contributed by atoms with Gasteiger partial charge >= 0.3 is 0 Å². The third-order valence-corrected chi connectivity index (χ3v) is 3.99. The number of amides is 1. The van der Waals surface area contributed by atoms with E-state index in [2.05, 4.69) is 11.0 Å². The minimum absolute atomic E-state index is 0.0772. The van der Waals surface area contributed by atoms with E-state index < -0.39 is 0 Å². The Bertz CT molecular complexity index is 467. The second-order valence-corrected chi connectivity index (χ2v) is 5.40. The molecular formula is C14H17N3OS. The van der Waals surface area contributed by atoms with Crippen LogP contribution in [0.25, 0.3) is 6.08 Å². The van der Waals surface area contributed by atoms with E-state index in [0.717, 1.165) is 37.6 Å². The van der Waals surface area contributed by atoms with Gasteiger partial charge in [0.05, 0.1) is 6.07 Å². The fraction of sp³-hybridized carbons (Fsp3) is 0.429. The van der Waals surface area contributed by atoms with E-state index in [1.165, 1.54) is 0 Å². The Kier molecular flexibility index (Phi) is 5.13. The third-order valence-electron chi connectivity index (χ3n) is 3.16. The number of nitriles is 1. The normalized spacial score (nSPS) is 16.7. The summed E-state index contributed by atoms with van der Waals surface area (Å²) in [6.45, 7) is 4.03. The molecule has 1 aliphatic heterocycles. The number of piperazine rings is 1. The molecule has 1 aliphatic rings. The van der Waals surface area contributed by atoms with Crippen LogP contribution in [0.15, 0.2) is 23.6 Å². The largest absolute Gasteiger partial charge is 0.337 e. The van der Waals surface area contributed by atoms with Crippen LogP contribution < -0.4 is 0 Å². The Morgan fingerprint density at radius 2 is 2.21 bits per heavy atom. The summed E-state index contributed by atoms with van der Waals surface area (Å²) in [5.41, 5.74) is 0. The first-order chi connectivity index (χ1) is 9.29. The second kappa shape index (κ2) is 7.07. The molecule has 0 N–H and O–H groups in total. The Hall–Kier alpha value is -1.64. The first-order valence-electron chi connectivity index (χ1n) is 6.39. The first kappa shape index (κ1) is 13.8. The van der Waals surface area contributed by atoms with Crippen LogP contribution in [0.5, 0.6) is 0 Å². The minimum Gasteiger partial charge on any atom is -0.337 e. The van der Waals surface area contributed by atoms with E-state index in [9.17, 15) is 4.79 Å². The van der Waals surface area contributed by atoms with E-state index in [1.807, 2.05) is 28.5 Å². The topological polar surface area (TPSA) is 47.3 Å². The van der Waals surface area contributed by atoms with Gasteiger partial charge in [-0.3, -0.25) is 9.69 Å². The van der Waals surface area contributed by atoms with Crippen LogP contribution in [0.2, 0.25) is 0 Å². The monoisotopic (exact) mass is 275 g/mol. The molecule has 0 unspecified atom stereocenters. The van der Waals surface area contributed by atoms with Crippen molar-refractivity contribution >= 4 is 23.3 Å². The van der Waals surface area contributed by atoms with Crippen LogP contribution in [0, 0.1) is 11.3 Å². The van der Waals surface area contributed by atoms with Gasteiger partial charge in [0, 0.05) is 50.1 Å². The lowest BCUT2D eigenvalue weighted by Gasteiger charge is -2.33. The number of nitrogens with zero attached hydrogens (tertiary/aromatic N) is 3. The zero-order valence-corrected chi connectivity index (χ0v) is 11.6. The maximum atomic E-state index is 12.0. The van der Waals surface area contributed by atoms with Crippen LogP contribution in [0.4, 0.5) is 0 Å². The van der Waals surface area contributed by atoms with Gasteiger partial charge in [-0.15, -0.1) is 11.3 Å². The van der Waals surface area contributed by atoms with Gasteiger partial charge < -0.3 is 4.90 Å². The first-order valence-corrected chi connectivity index (χ1v) is 7.27. The Morgan fingerprint density at radius 1 is 1.42 bits per heavy atom. The highest BCUT2D eigenvalue weighted by Gasteiger charge is 2.18. The zero-order chi connectivity index (χ0) is 13.5. The molecule has 1 aromatic heterocycles. The molecule has 2 heterocycles. The number of carbonyl (C=O) groups excluding carboxylic acids is 1. The Balaban J connectivity index is 1.78. The number of carbonyl (C=O) groups is 1. The average Bonchev–Trinajstić information content (AvgIpc) is 2.96. The predicted molar refractivity (Wildman–Crippen MR) is 76.6 cm³/mol. The summed E-state index contributed by atoms with van der Waals surface area (Å²) < 4.78 is 0. The maximum absolute atomic E-state index is 12.0. The van der Waals surface area contributed by atoms with Gasteiger partial charge in [0.1, 0.15) is 0 Å². The van der Waals surface area contributed by atoms with Crippen LogP contribution in [-0.4, -0.2) is 48.4 Å². The van der Waals surface area contributed by atoms with E-state index in [0.29, 0.717) is 6.42 Å². The Labute approximate surface area is 117 Å². The molecule has 100 valence electrons. The lowest BCUT2D eigenvalue weighted by atomic mass is 10.3. The molecule has 19 heavy (non-hydrogen) atoms. The molecule has 1 aromatic rings. The summed E-state index contributed by atoms with van der Waals surface area (Å²) in [6.07, 6.45) is 4.08. The molecule has 0 aromatic carbocycles. The van der Waals surface area contributed by atoms with Gasteiger partial charge in [-0.25, -0.2) is 0 Å². The molecule has 0 atom stereocenters. The summed E-state index contributed by atoms with van der Waals surface area (Å²) >= 11 is 1.62. The molecule has 0 aliphatic carbocycles. The highest BCUT2D eigenvalue weighted by molar-refractivity contribution is 7.10. The predicted octanol–water partition coefficient (Wildman–Crippen LogP) is 1.82. The van der Waals surface area contributed by atoms with Crippen LogP contribution >= 0.6 is 11.3 Å². The molecule has 5 heteroatoms. The van der Waals surface area contributed by atoms with Crippen molar-refractivity contribution < 1.29 is 4.79 Å². The molecule has 1 saturated heterocycles. The molecule has 0 radical (unpaired) electrons. The summed E-state index contributed by atoms with van der Waals surface area (Å²) in [5.74, 6) is 0.0772. The van der Waals surface area contributed by atoms with Crippen molar-refractivity contribution in [3.8, 4) is 6.07 Å². The molecule has 0 saturated carbocycles. The van der Waals surface area contributed by atoms with Crippen molar-refractivity contribution in [3.63, 3.8) is 0 Å². The van der Waals surface area contributed by atoms with Gasteiger partial charge in [0.15, 0.2) is 0 Å². The SMILES string of the molecule is N#CCCN1CCN(C(=O)/C=C/c2cccs2)CC1. The summed E-state index contributed by atoms with van der Waals surface area (Å²) in [4.78, 5) is 17.2. The van der Waals surface area contributed by atoms with Crippen molar-refractivity contribution in [2.24, 2.45) is 0 Å². The summed E-state index contributed by atoms with van der Waals surface area (Å²) in [6, 6.07) is 6.12. The van der Waals surface area contributed by atoms with E-state index >= 15 is 0 Å². The smallest absolute Gasteiger partial charge is 0.246 e. The number of thiophene rings is 1. The van der Waals surface area contributed by atoms with E-state index in [4.69, 9.17) is 5.26 Å². The molecule has 0 bridgehead atoms. The van der Waals surface area contributed by atoms with Crippen molar-refractivity contribution in [2.45, 2.75) is 6.42 Å². The molecule has 1 fully saturated rings. The van der Waals surface area contributed by atoms with Crippen LogP contribution in [0.1, 0.15) is 11.3 Å².